The molecule has 0 unspecified atom stereocenters. The van der Waals surface area contributed by atoms with Crippen molar-refractivity contribution in [1.82, 2.24) is 9.38 Å². The monoisotopic (exact) mass is 324 g/mol. The Morgan fingerprint density at radius 3 is 2.62 bits per heavy atom. The Hall–Kier alpha value is -2.93. The van der Waals surface area contributed by atoms with E-state index in [0.29, 0.717) is 37.6 Å². The van der Waals surface area contributed by atoms with E-state index in [1.807, 2.05) is 35.2 Å². The van der Waals surface area contributed by atoms with Crippen LogP contribution in [-0.4, -0.2) is 40.6 Å². The molecule has 2 aromatic heterocycles. The SMILES string of the molecule is O=[N+]([O-])c1cn2c(-c3ccccc3)cnc2cc1N1CCOCC1. The lowest BCUT2D eigenvalue weighted by Crippen LogP contribution is -2.36. The second kappa shape index (κ2) is 5.93. The summed E-state index contributed by atoms with van der Waals surface area (Å²) in [6.45, 7) is 2.44. The van der Waals surface area contributed by atoms with Crippen molar-refractivity contribution in [2.75, 3.05) is 31.2 Å². The number of fused-ring (bicyclic) bond motifs is 1. The van der Waals surface area contributed by atoms with Gasteiger partial charge in [-0.2, -0.15) is 0 Å². The van der Waals surface area contributed by atoms with Crippen molar-refractivity contribution in [2.24, 2.45) is 0 Å². The van der Waals surface area contributed by atoms with E-state index >= 15 is 0 Å². The maximum atomic E-state index is 11.6. The second-order valence-electron chi connectivity index (χ2n) is 5.64. The molecule has 1 aromatic carbocycles. The molecule has 0 spiro atoms. The fourth-order valence-corrected chi connectivity index (χ4v) is 3.02. The molecule has 3 aromatic rings. The predicted molar refractivity (Wildman–Crippen MR) is 90.3 cm³/mol. The van der Waals surface area contributed by atoms with Gasteiger partial charge in [-0.1, -0.05) is 30.3 Å². The van der Waals surface area contributed by atoms with Crippen LogP contribution in [0, 0.1) is 10.1 Å². The first-order chi connectivity index (χ1) is 11.7. The average molecular weight is 324 g/mol. The Morgan fingerprint density at radius 1 is 1.17 bits per heavy atom. The number of pyridine rings is 1. The molecule has 0 bridgehead atoms. The Bertz CT molecular complexity index is 885. The molecule has 0 aliphatic carbocycles. The lowest BCUT2D eigenvalue weighted by molar-refractivity contribution is -0.384. The molecule has 24 heavy (non-hydrogen) atoms. The van der Waals surface area contributed by atoms with Gasteiger partial charge in [0.15, 0.2) is 0 Å². The molecule has 0 atom stereocenters. The zero-order chi connectivity index (χ0) is 16.5. The zero-order valence-electron chi connectivity index (χ0n) is 13.0. The summed E-state index contributed by atoms with van der Waals surface area (Å²) in [7, 11) is 0. The Labute approximate surface area is 138 Å². The molecular formula is C17H16N4O3. The van der Waals surface area contributed by atoms with Gasteiger partial charge in [-0.05, 0) is 0 Å². The number of nitrogens with zero attached hydrogens (tertiary/aromatic N) is 4. The second-order valence-corrected chi connectivity index (χ2v) is 5.64. The minimum absolute atomic E-state index is 0.0829. The first-order valence-corrected chi connectivity index (χ1v) is 7.77. The summed E-state index contributed by atoms with van der Waals surface area (Å²) in [5.41, 5.74) is 3.18. The molecule has 1 saturated heterocycles. The number of morpholine rings is 1. The topological polar surface area (TPSA) is 72.9 Å². The summed E-state index contributed by atoms with van der Waals surface area (Å²) >= 11 is 0. The molecule has 4 rings (SSSR count). The van der Waals surface area contributed by atoms with Gasteiger partial charge in [-0.15, -0.1) is 0 Å². The van der Waals surface area contributed by atoms with Gasteiger partial charge in [-0.3, -0.25) is 14.5 Å². The molecule has 1 fully saturated rings. The number of benzene rings is 1. The number of hydrogen-bond donors (Lipinski definition) is 0. The molecular weight excluding hydrogens is 308 g/mol. The third kappa shape index (κ3) is 2.48. The molecule has 7 heteroatoms. The lowest BCUT2D eigenvalue weighted by Gasteiger charge is -2.28. The van der Waals surface area contributed by atoms with Crippen LogP contribution in [0.25, 0.3) is 16.9 Å². The third-order valence-electron chi connectivity index (χ3n) is 4.22. The molecule has 3 heterocycles. The number of rotatable bonds is 3. The maximum Gasteiger partial charge on any atom is 0.309 e. The van der Waals surface area contributed by atoms with E-state index in [9.17, 15) is 10.1 Å². The fourth-order valence-electron chi connectivity index (χ4n) is 3.02. The third-order valence-corrected chi connectivity index (χ3v) is 4.22. The van der Waals surface area contributed by atoms with E-state index in [1.165, 1.54) is 0 Å². The molecule has 0 N–H and O–H groups in total. The quantitative estimate of drug-likeness (QED) is 0.547. The van der Waals surface area contributed by atoms with E-state index in [2.05, 4.69) is 4.98 Å². The summed E-state index contributed by atoms with van der Waals surface area (Å²) in [5, 5.41) is 11.6. The van der Waals surface area contributed by atoms with Gasteiger partial charge in [0.05, 0.1) is 36.2 Å². The molecule has 0 saturated carbocycles. The van der Waals surface area contributed by atoms with E-state index in [-0.39, 0.29) is 10.6 Å². The number of ether oxygens (including phenoxy) is 1. The van der Waals surface area contributed by atoms with Gasteiger partial charge in [-0.25, -0.2) is 4.98 Å². The predicted octanol–water partition coefficient (Wildman–Crippen LogP) is 2.75. The summed E-state index contributed by atoms with van der Waals surface area (Å²) in [6.07, 6.45) is 3.31. The molecule has 1 aliphatic rings. The van der Waals surface area contributed by atoms with Crippen molar-refractivity contribution in [2.45, 2.75) is 0 Å². The summed E-state index contributed by atoms with van der Waals surface area (Å²) in [6, 6.07) is 11.5. The highest BCUT2D eigenvalue weighted by Gasteiger charge is 2.24. The van der Waals surface area contributed by atoms with Crippen molar-refractivity contribution in [3.05, 3.63) is 58.9 Å². The molecule has 7 nitrogen and oxygen atoms in total. The smallest absolute Gasteiger partial charge is 0.309 e. The van der Waals surface area contributed by atoms with Crippen molar-refractivity contribution in [3.8, 4) is 11.3 Å². The number of imidazole rings is 1. The number of nitro groups is 1. The van der Waals surface area contributed by atoms with Crippen molar-refractivity contribution < 1.29 is 9.66 Å². The highest BCUT2D eigenvalue weighted by molar-refractivity contribution is 5.72. The highest BCUT2D eigenvalue weighted by Crippen LogP contribution is 2.32. The van der Waals surface area contributed by atoms with Crippen LogP contribution in [0.5, 0.6) is 0 Å². The Balaban J connectivity index is 1.87. The minimum atomic E-state index is -0.334. The van der Waals surface area contributed by atoms with Crippen molar-refractivity contribution in [1.29, 1.82) is 0 Å². The first kappa shape index (κ1) is 14.6. The van der Waals surface area contributed by atoms with Crippen LogP contribution in [0.1, 0.15) is 0 Å². The van der Waals surface area contributed by atoms with Crippen LogP contribution in [0.4, 0.5) is 11.4 Å². The van der Waals surface area contributed by atoms with Crippen molar-refractivity contribution >= 4 is 17.0 Å². The van der Waals surface area contributed by atoms with Gasteiger partial charge in [0.25, 0.3) is 0 Å². The van der Waals surface area contributed by atoms with Crippen LogP contribution in [0.2, 0.25) is 0 Å². The van der Waals surface area contributed by atoms with Crippen molar-refractivity contribution in [3.63, 3.8) is 0 Å². The van der Waals surface area contributed by atoms with E-state index in [4.69, 9.17) is 4.74 Å². The highest BCUT2D eigenvalue weighted by atomic mass is 16.6. The number of anilines is 1. The Kier molecular flexibility index (Phi) is 3.62. The normalized spacial score (nSPS) is 14.9. The summed E-state index contributed by atoms with van der Waals surface area (Å²) in [5.74, 6) is 0. The number of aromatic nitrogens is 2. The summed E-state index contributed by atoms with van der Waals surface area (Å²) < 4.78 is 7.11. The van der Waals surface area contributed by atoms with E-state index in [1.54, 1.807) is 22.9 Å². The van der Waals surface area contributed by atoms with Gasteiger partial charge >= 0.3 is 5.69 Å². The maximum absolute atomic E-state index is 11.6. The molecule has 0 radical (unpaired) electrons. The van der Waals surface area contributed by atoms with Gasteiger partial charge < -0.3 is 9.64 Å². The lowest BCUT2D eigenvalue weighted by atomic mass is 10.2. The van der Waals surface area contributed by atoms with Gasteiger partial charge in [0, 0.05) is 24.7 Å². The van der Waals surface area contributed by atoms with Crippen LogP contribution in [0.15, 0.2) is 48.8 Å². The Morgan fingerprint density at radius 2 is 1.92 bits per heavy atom. The van der Waals surface area contributed by atoms with Crippen LogP contribution in [0.3, 0.4) is 0 Å². The van der Waals surface area contributed by atoms with Crippen LogP contribution in [-0.2, 0) is 4.74 Å². The van der Waals surface area contributed by atoms with E-state index < -0.39 is 0 Å². The van der Waals surface area contributed by atoms with Crippen LogP contribution < -0.4 is 4.90 Å². The van der Waals surface area contributed by atoms with Crippen LogP contribution >= 0.6 is 0 Å². The van der Waals surface area contributed by atoms with Gasteiger partial charge in [0.2, 0.25) is 0 Å². The first-order valence-electron chi connectivity index (χ1n) is 7.77. The minimum Gasteiger partial charge on any atom is -0.378 e. The van der Waals surface area contributed by atoms with E-state index in [0.717, 1.165) is 11.3 Å². The average Bonchev–Trinajstić information content (AvgIpc) is 3.05. The molecule has 1 aliphatic heterocycles. The zero-order valence-corrected chi connectivity index (χ0v) is 13.0. The summed E-state index contributed by atoms with van der Waals surface area (Å²) in [4.78, 5) is 17.7. The number of hydrogen-bond acceptors (Lipinski definition) is 5. The molecule has 122 valence electrons. The standard InChI is InChI=1S/C17H16N4O3/c22-21(23)16-12-20-15(13-4-2-1-3-5-13)11-18-17(20)10-14(16)19-6-8-24-9-7-19/h1-5,10-12H,6-9H2. The molecule has 0 amide bonds. The fraction of sp³-hybridized carbons (Fsp3) is 0.235. The van der Waals surface area contributed by atoms with Gasteiger partial charge in [0.1, 0.15) is 11.3 Å². The largest absolute Gasteiger partial charge is 0.378 e.